The summed E-state index contributed by atoms with van der Waals surface area (Å²) in [4.78, 5) is 18.2. The number of benzene rings is 1. The molecule has 1 aromatic heterocycles. The molecule has 0 spiro atoms. The molecule has 23 heavy (non-hydrogen) atoms. The van der Waals surface area contributed by atoms with E-state index in [0.717, 1.165) is 17.7 Å². The molecule has 6 heteroatoms. The SMILES string of the molecule is CCC(C)N(C)C(=O)CCc1nc(-c2ccc(OC)cc2)no1. The van der Waals surface area contributed by atoms with Gasteiger partial charge >= 0.3 is 0 Å². The second-order valence-corrected chi connectivity index (χ2v) is 5.50. The Kier molecular flexibility index (Phi) is 5.73. The molecule has 0 saturated carbocycles. The van der Waals surface area contributed by atoms with Gasteiger partial charge in [-0.2, -0.15) is 4.98 Å². The second kappa shape index (κ2) is 7.76. The van der Waals surface area contributed by atoms with Crippen molar-refractivity contribution < 1.29 is 14.1 Å². The third-order valence-electron chi connectivity index (χ3n) is 4.01. The van der Waals surface area contributed by atoms with Crippen molar-refractivity contribution in [2.24, 2.45) is 0 Å². The lowest BCUT2D eigenvalue weighted by Crippen LogP contribution is -2.34. The van der Waals surface area contributed by atoms with Crippen LogP contribution in [0.2, 0.25) is 0 Å². The molecule has 0 radical (unpaired) electrons. The first-order valence-electron chi connectivity index (χ1n) is 7.77. The molecule has 1 atom stereocenters. The number of hydrogen-bond donors (Lipinski definition) is 0. The Morgan fingerprint density at radius 1 is 1.35 bits per heavy atom. The number of aryl methyl sites for hydroxylation is 1. The van der Waals surface area contributed by atoms with Gasteiger partial charge in [0.2, 0.25) is 17.6 Å². The molecule has 0 aliphatic carbocycles. The molecule has 2 aromatic rings. The average Bonchev–Trinajstić information content (AvgIpc) is 3.07. The minimum absolute atomic E-state index is 0.0866. The van der Waals surface area contributed by atoms with Gasteiger partial charge in [-0.25, -0.2) is 0 Å². The van der Waals surface area contributed by atoms with Crippen LogP contribution >= 0.6 is 0 Å². The van der Waals surface area contributed by atoms with Gasteiger partial charge in [0.25, 0.3) is 0 Å². The summed E-state index contributed by atoms with van der Waals surface area (Å²) in [6.07, 6.45) is 1.75. The zero-order valence-electron chi connectivity index (χ0n) is 14.1. The van der Waals surface area contributed by atoms with E-state index in [4.69, 9.17) is 9.26 Å². The first kappa shape index (κ1) is 17.0. The molecule has 0 bridgehead atoms. The summed E-state index contributed by atoms with van der Waals surface area (Å²) < 4.78 is 10.3. The van der Waals surface area contributed by atoms with E-state index in [0.29, 0.717) is 24.6 Å². The number of ether oxygens (including phenoxy) is 1. The minimum Gasteiger partial charge on any atom is -0.497 e. The van der Waals surface area contributed by atoms with E-state index in [1.807, 2.05) is 38.2 Å². The molecule has 0 fully saturated rings. The molecule has 1 unspecified atom stereocenters. The van der Waals surface area contributed by atoms with E-state index in [2.05, 4.69) is 17.1 Å². The molecule has 0 aliphatic rings. The van der Waals surface area contributed by atoms with Gasteiger partial charge in [0.1, 0.15) is 5.75 Å². The fourth-order valence-corrected chi connectivity index (χ4v) is 2.12. The Bertz CT molecular complexity index is 637. The van der Waals surface area contributed by atoms with Crippen LogP contribution in [0.4, 0.5) is 0 Å². The van der Waals surface area contributed by atoms with Gasteiger partial charge < -0.3 is 14.2 Å². The van der Waals surface area contributed by atoms with Crippen molar-refractivity contribution in [2.45, 2.75) is 39.2 Å². The Hall–Kier alpha value is -2.37. The van der Waals surface area contributed by atoms with Gasteiger partial charge in [-0.1, -0.05) is 12.1 Å². The predicted molar refractivity (Wildman–Crippen MR) is 87.1 cm³/mol. The van der Waals surface area contributed by atoms with Gasteiger partial charge in [0, 0.05) is 31.5 Å². The van der Waals surface area contributed by atoms with E-state index in [1.54, 1.807) is 12.0 Å². The third kappa shape index (κ3) is 4.31. The summed E-state index contributed by atoms with van der Waals surface area (Å²) in [7, 11) is 3.45. The fraction of sp³-hybridized carbons (Fsp3) is 0.471. The summed E-state index contributed by atoms with van der Waals surface area (Å²) >= 11 is 0. The average molecular weight is 317 g/mol. The highest BCUT2D eigenvalue weighted by atomic mass is 16.5. The summed E-state index contributed by atoms with van der Waals surface area (Å²) in [5, 5.41) is 3.96. The van der Waals surface area contributed by atoms with Crippen LogP contribution in [0.1, 0.15) is 32.6 Å². The van der Waals surface area contributed by atoms with E-state index in [-0.39, 0.29) is 11.9 Å². The van der Waals surface area contributed by atoms with Crippen molar-refractivity contribution in [3.8, 4) is 17.1 Å². The zero-order valence-corrected chi connectivity index (χ0v) is 14.1. The normalized spacial score (nSPS) is 12.0. The number of carbonyl (C=O) groups excluding carboxylic acids is 1. The predicted octanol–water partition coefficient (Wildman–Crippen LogP) is 2.93. The quantitative estimate of drug-likeness (QED) is 0.785. The van der Waals surface area contributed by atoms with Gasteiger partial charge in [-0.15, -0.1) is 0 Å². The maximum absolute atomic E-state index is 12.1. The highest BCUT2D eigenvalue weighted by molar-refractivity contribution is 5.76. The van der Waals surface area contributed by atoms with Crippen molar-refractivity contribution in [1.29, 1.82) is 0 Å². The number of amides is 1. The largest absolute Gasteiger partial charge is 0.497 e. The topological polar surface area (TPSA) is 68.5 Å². The molecule has 1 aromatic carbocycles. The molecular weight excluding hydrogens is 294 g/mol. The van der Waals surface area contributed by atoms with E-state index < -0.39 is 0 Å². The van der Waals surface area contributed by atoms with Gasteiger partial charge in [-0.3, -0.25) is 4.79 Å². The smallest absolute Gasteiger partial charge is 0.227 e. The fourth-order valence-electron chi connectivity index (χ4n) is 2.12. The maximum Gasteiger partial charge on any atom is 0.227 e. The summed E-state index contributed by atoms with van der Waals surface area (Å²) in [6.45, 7) is 4.10. The number of hydrogen-bond acceptors (Lipinski definition) is 5. The standard InChI is InChI=1S/C17H23N3O3/c1-5-12(2)20(3)16(21)11-10-15-18-17(19-23-15)13-6-8-14(22-4)9-7-13/h6-9,12H,5,10-11H2,1-4H3. The molecule has 1 heterocycles. The number of aromatic nitrogens is 2. The number of methoxy groups -OCH3 is 1. The van der Waals surface area contributed by atoms with Crippen LogP contribution in [0, 0.1) is 0 Å². The third-order valence-corrected chi connectivity index (χ3v) is 4.01. The van der Waals surface area contributed by atoms with Crippen molar-refractivity contribution in [2.75, 3.05) is 14.2 Å². The van der Waals surface area contributed by atoms with Crippen LogP contribution in [0.25, 0.3) is 11.4 Å². The number of carbonyl (C=O) groups is 1. The molecular formula is C17H23N3O3. The Balaban J connectivity index is 1.95. The zero-order chi connectivity index (χ0) is 16.8. The van der Waals surface area contributed by atoms with Crippen molar-refractivity contribution in [1.82, 2.24) is 15.0 Å². The minimum atomic E-state index is 0.0866. The van der Waals surface area contributed by atoms with E-state index in [1.165, 1.54) is 0 Å². The van der Waals surface area contributed by atoms with Crippen LogP contribution < -0.4 is 4.74 Å². The van der Waals surface area contributed by atoms with Crippen molar-refractivity contribution >= 4 is 5.91 Å². The summed E-state index contributed by atoms with van der Waals surface area (Å²) in [6, 6.07) is 7.66. The van der Waals surface area contributed by atoms with Crippen molar-refractivity contribution in [3.05, 3.63) is 30.2 Å². The lowest BCUT2D eigenvalue weighted by atomic mass is 10.2. The highest BCUT2D eigenvalue weighted by Crippen LogP contribution is 2.20. The van der Waals surface area contributed by atoms with Crippen LogP contribution in [-0.2, 0) is 11.2 Å². The van der Waals surface area contributed by atoms with Gasteiger partial charge in [0.15, 0.2) is 0 Å². The molecule has 2 rings (SSSR count). The monoisotopic (exact) mass is 317 g/mol. The van der Waals surface area contributed by atoms with E-state index in [9.17, 15) is 4.79 Å². The number of nitrogens with zero attached hydrogens (tertiary/aromatic N) is 3. The molecule has 0 N–H and O–H groups in total. The Labute approximate surface area is 136 Å². The van der Waals surface area contributed by atoms with Gasteiger partial charge in [-0.05, 0) is 37.6 Å². The van der Waals surface area contributed by atoms with Crippen LogP contribution in [0.3, 0.4) is 0 Å². The highest BCUT2D eigenvalue weighted by Gasteiger charge is 2.16. The second-order valence-electron chi connectivity index (χ2n) is 5.50. The molecule has 0 aliphatic heterocycles. The molecule has 0 saturated heterocycles. The molecule has 6 nitrogen and oxygen atoms in total. The lowest BCUT2D eigenvalue weighted by Gasteiger charge is -2.23. The number of rotatable bonds is 7. The lowest BCUT2D eigenvalue weighted by molar-refractivity contribution is -0.131. The molecule has 1 amide bonds. The summed E-state index contributed by atoms with van der Waals surface area (Å²) in [5.74, 6) is 1.85. The van der Waals surface area contributed by atoms with Crippen LogP contribution in [-0.4, -0.2) is 41.1 Å². The first-order chi connectivity index (χ1) is 11.0. The van der Waals surface area contributed by atoms with Gasteiger partial charge in [0.05, 0.1) is 7.11 Å². The van der Waals surface area contributed by atoms with E-state index >= 15 is 0 Å². The molecule has 124 valence electrons. The maximum atomic E-state index is 12.1. The summed E-state index contributed by atoms with van der Waals surface area (Å²) in [5.41, 5.74) is 0.851. The van der Waals surface area contributed by atoms with Crippen molar-refractivity contribution in [3.63, 3.8) is 0 Å². The van der Waals surface area contributed by atoms with Crippen LogP contribution in [0.15, 0.2) is 28.8 Å². The van der Waals surface area contributed by atoms with Crippen LogP contribution in [0.5, 0.6) is 5.75 Å². The Morgan fingerprint density at radius 3 is 2.65 bits per heavy atom. The Morgan fingerprint density at radius 2 is 2.04 bits per heavy atom. The first-order valence-corrected chi connectivity index (χ1v) is 7.77.